The summed E-state index contributed by atoms with van der Waals surface area (Å²) in [6.45, 7) is 2.73. The number of benzene rings is 2. The molecule has 0 amide bonds. The van der Waals surface area contributed by atoms with Gasteiger partial charge >= 0.3 is 5.97 Å². The Morgan fingerprint density at radius 2 is 1.77 bits per heavy atom. The Labute approximate surface area is 131 Å². The van der Waals surface area contributed by atoms with Crippen molar-refractivity contribution in [1.29, 1.82) is 0 Å². The minimum atomic E-state index is -0.920. The van der Waals surface area contributed by atoms with E-state index in [4.69, 9.17) is 5.11 Å². The highest BCUT2D eigenvalue weighted by molar-refractivity contribution is 5.90. The molecule has 114 valence electrons. The van der Waals surface area contributed by atoms with E-state index in [1.54, 1.807) is 0 Å². The third-order valence-electron chi connectivity index (χ3n) is 3.44. The van der Waals surface area contributed by atoms with E-state index < -0.39 is 5.97 Å². The molecule has 0 aromatic heterocycles. The lowest BCUT2D eigenvalue weighted by Crippen LogP contribution is -2.10. The lowest BCUT2D eigenvalue weighted by atomic mass is 9.99. The number of hydrogen-bond donors (Lipinski definition) is 1. The van der Waals surface area contributed by atoms with E-state index in [1.807, 2.05) is 31.2 Å². The summed E-state index contributed by atoms with van der Waals surface area (Å²) in [5, 5.41) is 8.85. The summed E-state index contributed by atoms with van der Waals surface area (Å²) < 4.78 is 0. The normalized spacial score (nSPS) is 11.7. The van der Waals surface area contributed by atoms with Crippen molar-refractivity contribution >= 4 is 11.5 Å². The molecule has 0 radical (unpaired) electrons. The minimum Gasteiger partial charge on any atom is -0.478 e. The topological polar surface area (TPSA) is 40.5 Å². The Morgan fingerprint density at radius 3 is 2.36 bits per heavy atom. The van der Waals surface area contributed by atoms with Crippen LogP contribution in [0.3, 0.4) is 0 Å². The van der Waals surface area contributed by atoms with E-state index in [2.05, 4.69) is 43.3 Å². The van der Waals surface area contributed by atoms with E-state index in [0.717, 1.165) is 28.8 Å². The van der Waals surface area contributed by atoms with Gasteiger partial charge in [-0.2, -0.15) is 0 Å². The van der Waals surface area contributed by atoms with Crippen molar-refractivity contribution < 1.29 is 9.90 Å². The largest absolute Gasteiger partial charge is 0.478 e. The van der Waals surface area contributed by atoms with Gasteiger partial charge in [0.15, 0.2) is 0 Å². The lowest BCUT2D eigenvalue weighted by molar-refractivity contribution is -0.131. The minimum absolute atomic E-state index is 0.749. The van der Waals surface area contributed by atoms with Crippen LogP contribution in [0.25, 0.3) is 16.7 Å². The fraction of sp³-hybridized carbons (Fsp3) is 0.211. The summed E-state index contributed by atoms with van der Waals surface area (Å²) >= 11 is 0. The molecule has 0 bridgehead atoms. The van der Waals surface area contributed by atoms with E-state index in [-0.39, 0.29) is 0 Å². The van der Waals surface area contributed by atoms with Crippen LogP contribution in [0.5, 0.6) is 0 Å². The number of carboxylic acid groups (broad SMARTS) is 1. The van der Waals surface area contributed by atoms with Crippen LogP contribution in [-0.4, -0.2) is 30.1 Å². The smallest absolute Gasteiger partial charge is 0.328 e. The third kappa shape index (κ3) is 4.30. The lowest BCUT2D eigenvalue weighted by Gasteiger charge is -2.11. The second-order valence-corrected chi connectivity index (χ2v) is 5.68. The van der Waals surface area contributed by atoms with Crippen molar-refractivity contribution in [1.82, 2.24) is 4.90 Å². The third-order valence-corrected chi connectivity index (χ3v) is 3.44. The van der Waals surface area contributed by atoms with Crippen molar-refractivity contribution in [2.45, 2.75) is 13.5 Å². The molecule has 0 aliphatic rings. The highest BCUT2D eigenvalue weighted by Crippen LogP contribution is 2.24. The highest BCUT2D eigenvalue weighted by Gasteiger charge is 2.03. The molecule has 0 heterocycles. The Morgan fingerprint density at radius 1 is 1.09 bits per heavy atom. The van der Waals surface area contributed by atoms with Crippen molar-refractivity contribution in [3.63, 3.8) is 0 Å². The zero-order chi connectivity index (χ0) is 16.1. The van der Waals surface area contributed by atoms with Gasteiger partial charge in [0, 0.05) is 12.6 Å². The number of carbonyl (C=O) groups is 1. The van der Waals surface area contributed by atoms with Crippen molar-refractivity contribution in [2.75, 3.05) is 14.1 Å². The van der Waals surface area contributed by atoms with Crippen LogP contribution in [0.2, 0.25) is 0 Å². The van der Waals surface area contributed by atoms with Gasteiger partial charge in [0.1, 0.15) is 0 Å². The molecular weight excluding hydrogens is 274 g/mol. The van der Waals surface area contributed by atoms with Gasteiger partial charge in [-0.15, -0.1) is 0 Å². The van der Waals surface area contributed by atoms with Crippen LogP contribution in [0, 0.1) is 0 Å². The van der Waals surface area contributed by atoms with Gasteiger partial charge in [-0.25, -0.2) is 4.79 Å². The summed E-state index contributed by atoms with van der Waals surface area (Å²) in [5.41, 5.74) is 5.17. The average Bonchev–Trinajstić information content (AvgIpc) is 2.47. The first kappa shape index (κ1) is 16.0. The van der Waals surface area contributed by atoms with Crippen molar-refractivity contribution in [2.24, 2.45) is 0 Å². The van der Waals surface area contributed by atoms with Gasteiger partial charge in [0.25, 0.3) is 0 Å². The highest BCUT2D eigenvalue weighted by atomic mass is 16.4. The van der Waals surface area contributed by atoms with E-state index in [1.165, 1.54) is 11.6 Å². The summed E-state index contributed by atoms with van der Waals surface area (Å²) in [5.74, 6) is -0.920. The maximum absolute atomic E-state index is 10.8. The number of carboxylic acids is 1. The zero-order valence-electron chi connectivity index (χ0n) is 13.2. The number of allylic oxidation sites excluding steroid dienone is 1. The second kappa shape index (κ2) is 7.05. The van der Waals surface area contributed by atoms with Gasteiger partial charge in [-0.3, -0.25) is 0 Å². The molecule has 3 nitrogen and oxygen atoms in total. The molecule has 2 aromatic carbocycles. The quantitative estimate of drug-likeness (QED) is 0.850. The SMILES string of the molecule is C/C(=C\C(=O)O)c1cccc(-c2ccc(CN(C)C)cc2)c1. The first-order valence-electron chi connectivity index (χ1n) is 7.21. The van der Waals surface area contributed by atoms with Crippen LogP contribution in [0.15, 0.2) is 54.6 Å². The van der Waals surface area contributed by atoms with Crippen LogP contribution in [-0.2, 0) is 11.3 Å². The molecule has 0 saturated carbocycles. The number of hydrogen-bond acceptors (Lipinski definition) is 2. The van der Waals surface area contributed by atoms with Crippen LogP contribution >= 0.6 is 0 Å². The second-order valence-electron chi connectivity index (χ2n) is 5.68. The van der Waals surface area contributed by atoms with Gasteiger partial charge in [0.2, 0.25) is 0 Å². The Hall–Kier alpha value is -2.39. The number of rotatable bonds is 5. The van der Waals surface area contributed by atoms with Gasteiger partial charge in [-0.05, 0) is 54.9 Å². The Kier molecular flexibility index (Phi) is 5.12. The first-order chi connectivity index (χ1) is 10.5. The first-order valence-corrected chi connectivity index (χ1v) is 7.21. The van der Waals surface area contributed by atoms with E-state index in [0.29, 0.717) is 0 Å². The zero-order valence-corrected chi connectivity index (χ0v) is 13.2. The fourth-order valence-corrected chi connectivity index (χ4v) is 2.38. The predicted molar refractivity (Wildman–Crippen MR) is 90.6 cm³/mol. The molecule has 3 heteroatoms. The maximum atomic E-state index is 10.8. The van der Waals surface area contributed by atoms with Gasteiger partial charge < -0.3 is 10.0 Å². The number of nitrogens with zero attached hydrogens (tertiary/aromatic N) is 1. The summed E-state index contributed by atoms with van der Waals surface area (Å²) in [6, 6.07) is 16.4. The Bertz CT molecular complexity index is 685. The molecule has 22 heavy (non-hydrogen) atoms. The summed E-state index contributed by atoms with van der Waals surface area (Å²) in [7, 11) is 4.10. The Balaban J connectivity index is 2.28. The van der Waals surface area contributed by atoms with E-state index in [9.17, 15) is 4.79 Å². The van der Waals surface area contributed by atoms with Gasteiger partial charge in [-0.1, -0.05) is 42.5 Å². The summed E-state index contributed by atoms with van der Waals surface area (Å²) in [4.78, 5) is 12.9. The van der Waals surface area contributed by atoms with Crippen molar-refractivity contribution in [3.8, 4) is 11.1 Å². The van der Waals surface area contributed by atoms with Crippen LogP contribution in [0.1, 0.15) is 18.1 Å². The molecule has 1 N–H and O–H groups in total. The number of aliphatic carboxylic acids is 1. The molecule has 0 aliphatic carbocycles. The molecule has 0 saturated heterocycles. The maximum Gasteiger partial charge on any atom is 0.328 e. The molecule has 2 rings (SSSR count). The average molecular weight is 295 g/mol. The van der Waals surface area contributed by atoms with Crippen molar-refractivity contribution in [3.05, 3.63) is 65.7 Å². The van der Waals surface area contributed by atoms with Crippen LogP contribution < -0.4 is 0 Å². The van der Waals surface area contributed by atoms with Crippen LogP contribution in [0.4, 0.5) is 0 Å². The fourth-order valence-electron chi connectivity index (χ4n) is 2.38. The standard InChI is InChI=1S/C19H21NO2/c1-14(11-19(21)22)17-5-4-6-18(12-17)16-9-7-15(8-10-16)13-20(2)3/h4-12H,13H2,1-3H3,(H,21,22)/b14-11+. The molecular formula is C19H21NO2. The molecule has 0 unspecified atom stereocenters. The summed E-state index contributed by atoms with van der Waals surface area (Å²) in [6.07, 6.45) is 1.24. The molecule has 2 aromatic rings. The van der Waals surface area contributed by atoms with Gasteiger partial charge in [0.05, 0.1) is 0 Å². The molecule has 0 fully saturated rings. The van der Waals surface area contributed by atoms with E-state index >= 15 is 0 Å². The molecule has 0 aliphatic heterocycles. The molecule has 0 spiro atoms. The molecule has 0 atom stereocenters. The predicted octanol–water partition coefficient (Wildman–Crippen LogP) is 3.90. The monoisotopic (exact) mass is 295 g/mol.